The molecule has 6 heteroatoms. The third kappa shape index (κ3) is 6.58. The van der Waals surface area contributed by atoms with Crippen molar-refractivity contribution in [3.8, 4) is 0 Å². The minimum absolute atomic E-state index is 0.280. The van der Waals surface area contributed by atoms with Gasteiger partial charge in [-0.1, -0.05) is 66.7 Å². The minimum atomic E-state index is -0.477. The van der Waals surface area contributed by atoms with Gasteiger partial charge >= 0.3 is 0 Å². The lowest BCUT2D eigenvalue weighted by Gasteiger charge is -2.21. The highest BCUT2D eigenvalue weighted by Crippen LogP contribution is 2.29. The van der Waals surface area contributed by atoms with Crippen molar-refractivity contribution in [3.63, 3.8) is 0 Å². The second-order valence-corrected chi connectivity index (χ2v) is 10.6. The lowest BCUT2D eigenvalue weighted by Crippen LogP contribution is -2.30. The van der Waals surface area contributed by atoms with Gasteiger partial charge in [0.15, 0.2) is 0 Å². The molecule has 5 rings (SSSR count). The molecular formula is C34H30FN3OS. The molecular weight excluding hydrogens is 517 g/mol. The van der Waals surface area contributed by atoms with Crippen LogP contribution in [0.25, 0.3) is 0 Å². The average molecular weight is 548 g/mol. The molecule has 0 aliphatic rings. The van der Waals surface area contributed by atoms with E-state index >= 15 is 0 Å². The van der Waals surface area contributed by atoms with Crippen molar-refractivity contribution in [3.05, 3.63) is 155 Å². The molecule has 0 radical (unpaired) electrons. The minimum Gasteiger partial charge on any atom is -0.341 e. The molecule has 0 spiro atoms. The number of halogens is 1. The third-order valence-corrected chi connectivity index (χ3v) is 7.93. The van der Waals surface area contributed by atoms with E-state index in [-0.39, 0.29) is 11.7 Å². The van der Waals surface area contributed by atoms with E-state index < -0.39 is 6.04 Å². The highest BCUT2D eigenvalue weighted by molar-refractivity contribution is 7.98. The normalized spacial score (nSPS) is 11.6. The number of benzene rings is 4. The Hall–Kier alpha value is -4.42. The van der Waals surface area contributed by atoms with Crippen LogP contribution in [0.2, 0.25) is 0 Å². The van der Waals surface area contributed by atoms with E-state index in [1.165, 1.54) is 17.7 Å². The van der Waals surface area contributed by atoms with Crippen molar-refractivity contribution < 1.29 is 9.18 Å². The van der Waals surface area contributed by atoms with Crippen molar-refractivity contribution in [2.24, 2.45) is 0 Å². The number of nitrogens with zero attached hydrogens (tertiary/aromatic N) is 1. The van der Waals surface area contributed by atoms with Crippen molar-refractivity contribution in [1.29, 1.82) is 0 Å². The first-order chi connectivity index (χ1) is 19.5. The zero-order valence-electron chi connectivity index (χ0n) is 22.4. The van der Waals surface area contributed by atoms with Gasteiger partial charge in [0.25, 0.3) is 5.91 Å². The van der Waals surface area contributed by atoms with Crippen LogP contribution in [0.5, 0.6) is 0 Å². The Morgan fingerprint density at radius 2 is 1.52 bits per heavy atom. The summed E-state index contributed by atoms with van der Waals surface area (Å²) < 4.78 is 13.8. The maximum atomic E-state index is 13.8. The molecule has 1 amide bonds. The van der Waals surface area contributed by atoms with Gasteiger partial charge < -0.3 is 10.6 Å². The Balaban J connectivity index is 1.39. The Labute approximate surface area is 238 Å². The predicted molar refractivity (Wildman–Crippen MR) is 162 cm³/mol. The smallest absolute Gasteiger partial charge is 0.255 e. The van der Waals surface area contributed by atoms with E-state index in [9.17, 15) is 9.18 Å². The monoisotopic (exact) mass is 547 g/mol. The van der Waals surface area contributed by atoms with E-state index in [1.807, 2.05) is 62.4 Å². The molecule has 0 fully saturated rings. The number of hydrogen-bond acceptors (Lipinski definition) is 4. The fraction of sp³-hybridized carbons (Fsp3) is 0.118. The summed E-state index contributed by atoms with van der Waals surface area (Å²) in [6.45, 7) is 4.08. The molecule has 4 aromatic carbocycles. The van der Waals surface area contributed by atoms with E-state index in [4.69, 9.17) is 0 Å². The summed E-state index contributed by atoms with van der Waals surface area (Å²) in [5, 5.41) is 6.50. The zero-order chi connectivity index (χ0) is 27.9. The quantitative estimate of drug-likeness (QED) is 0.182. The van der Waals surface area contributed by atoms with E-state index in [0.717, 1.165) is 38.6 Å². The number of amides is 1. The van der Waals surface area contributed by atoms with Gasteiger partial charge in [0.1, 0.15) is 11.6 Å². The van der Waals surface area contributed by atoms with Gasteiger partial charge in [-0.15, -0.1) is 11.8 Å². The molecule has 1 heterocycles. The van der Waals surface area contributed by atoms with E-state index in [0.29, 0.717) is 11.4 Å². The lowest BCUT2D eigenvalue weighted by molar-refractivity contribution is 0.0943. The van der Waals surface area contributed by atoms with Gasteiger partial charge in [-0.05, 0) is 84.1 Å². The molecule has 0 aliphatic carbocycles. The van der Waals surface area contributed by atoms with Crippen molar-refractivity contribution >= 4 is 29.2 Å². The topological polar surface area (TPSA) is 54.0 Å². The lowest BCUT2D eigenvalue weighted by atomic mass is 9.98. The summed E-state index contributed by atoms with van der Waals surface area (Å²) in [4.78, 5) is 19.3. The van der Waals surface area contributed by atoms with Crippen LogP contribution >= 0.6 is 11.8 Å². The molecule has 1 aromatic heterocycles. The number of hydrogen-bond donors (Lipinski definition) is 2. The maximum Gasteiger partial charge on any atom is 0.255 e. The Morgan fingerprint density at radius 1 is 0.825 bits per heavy atom. The van der Waals surface area contributed by atoms with E-state index in [2.05, 4.69) is 39.9 Å². The van der Waals surface area contributed by atoms with Gasteiger partial charge in [-0.2, -0.15) is 0 Å². The molecule has 0 saturated heterocycles. The highest BCUT2D eigenvalue weighted by atomic mass is 32.2. The summed E-state index contributed by atoms with van der Waals surface area (Å²) in [6, 6.07) is 33.7. The van der Waals surface area contributed by atoms with Crippen LogP contribution in [-0.2, 0) is 5.75 Å². The number of rotatable bonds is 9. The fourth-order valence-electron chi connectivity index (χ4n) is 4.42. The van der Waals surface area contributed by atoms with Crippen LogP contribution in [0.4, 0.5) is 15.9 Å². The second kappa shape index (κ2) is 12.6. The second-order valence-electron chi connectivity index (χ2n) is 9.57. The summed E-state index contributed by atoms with van der Waals surface area (Å²) in [7, 11) is 0. The SMILES string of the molecule is Cc1cccc(Nc2ncccc2C(=O)NC(c2ccc(F)cc2)c2ccc(SCc3ccccc3)cc2)c1C. The number of aryl methyl sites for hydroxylation is 1. The molecule has 2 N–H and O–H groups in total. The molecule has 0 aliphatic heterocycles. The number of carbonyl (C=O) groups excluding carboxylic acids is 1. The first-order valence-corrected chi connectivity index (χ1v) is 14.1. The van der Waals surface area contributed by atoms with Crippen LogP contribution < -0.4 is 10.6 Å². The number of pyridine rings is 1. The van der Waals surface area contributed by atoms with Crippen molar-refractivity contribution in [2.45, 2.75) is 30.5 Å². The van der Waals surface area contributed by atoms with Gasteiger partial charge in [-0.3, -0.25) is 4.79 Å². The van der Waals surface area contributed by atoms with Crippen molar-refractivity contribution in [1.82, 2.24) is 10.3 Å². The number of aromatic nitrogens is 1. The Bertz CT molecular complexity index is 1590. The Morgan fingerprint density at radius 3 is 2.25 bits per heavy atom. The van der Waals surface area contributed by atoms with Crippen LogP contribution in [0.1, 0.15) is 44.2 Å². The standard InChI is InChI=1S/C34H30FN3OS/c1-23-8-6-12-31(24(23)2)37-33-30(11-7-21-36-33)34(39)38-32(26-13-17-28(35)18-14-26)27-15-19-29(20-16-27)40-22-25-9-4-3-5-10-25/h3-21,32H,22H2,1-2H3,(H,36,37)(H,38,39). The number of anilines is 2. The predicted octanol–water partition coefficient (Wildman–Crippen LogP) is 8.39. The summed E-state index contributed by atoms with van der Waals surface area (Å²) in [6.07, 6.45) is 1.66. The van der Waals surface area contributed by atoms with Crippen LogP contribution in [0.3, 0.4) is 0 Å². The maximum absolute atomic E-state index is 13.8. The molecule has 200 valence electrons. The van der Waals surface area contributed by atoms with Gasteiger partial charge in [-0.25, -0.2) is 9.37 Å². The molecule has 5 aromatic rings. The number of nitrogens with one attached hydrogen (secondary N) is 2. The van der Waals surface area contributed by atoms with Crippen LogP contribution in [0.15, 0.2) is 120 Å². The van der Waals surface area contributed by atoms with Crippen LogP contribution in [0, 0.1) is 19.7 Å². The molecule has 1 unspecified atom stereocenters. The third-order valence-electron chi connectivity index (χ3n) is 6.85. The van der Waals surface area contributed by atoms with Crippen LogP contribution in [-0.4, -0.2) is 10.9 Å². The van der Waals surface area contributed by atoms with Gasteiger partial charge in [0.2, 0.25) is 0 Å². The average Bonchev–Trinajstić information content (AvgIpc) is 2.99. The summed E-state index contributed by atoms with van der Waals surface area (Å²) in [5.74, 6) is 0.737. The molecule has 40 heavy (non-hydrogen) atoms. The van der Waals surface area contributed by atoms with Gasteiger partial charge in [0, 0.05) is 22.5 Å². The number of thioether (sulfide) groups is 1. The molecule has 1 atom stereocenters. The number of carbonyl (C=O) groups is 1. The first-order valence-electron chi connectivity index (χ1n) is 13.1. The zero-order valence-corrected chi connectivity index (χ0v) is 23.2. The Kier molecular flexibility index (Phi) is 8.57. The fourth-order valence-corrected chi connectivity index (χ4v) is 5.28. The van der Waals surface area contributed by atoms with Gasteiger partial charge in [0.05, 0.1) is 11.6 Å². The first kappa shape index (κ1) is 27.2. The summed E-state index contributed by atoms with van der Waals surface area (Å²) >= 11 is 1.75. The van der Waals surface area contributed by atoms with E-state index in [1.54, 1.807) is 42.2 Å². The molecule has 0 saturated carbocycles. The summed E-state index contributed by atoms with van der Waals surface area (Å²) in [5.41, 5.74) is 6.50. The molecule has 0 bridgehead atoms. The van der Waals surface area contributed by atoms with Crippen molar-refractivity contribution in [2.75, 3.05) is 5.32 Å². The highest BCUT2D eigenvalue weighted by Gasteiger charge is 2.21. The molecule has 4 nitrogen and oxygen atoms in total. The largest absolute Gasteiger partial charge is 0.341 e.